The number of carbonyl (C=O) groups is 1. The zero-order chi connectivity index (χ0) is 17.0. The number of rotatable bonds is 3. The van der Waals surface area contributed by atoms with Crippen LogP contribution in [0, 0.1) is 0 Å². The molecule has 1 fully saturated rings. The minimum atomic E-state index is -3.43. The Balaban J connectivity index is 0.000000261. The number of primary sulfonamides is 1. The van der Waals surface area contributed by atoms with Crippen molar-refractivity contribution >= 4 is 16.1 Å². The van der Waals surface area contributed by atoms with Crippen molar-refractivity contribution in [3.63, 3.8) is 0 Å². The maximum atomic E-state index is 11.3. The van der Waals surface area contributed by atoms with E-state index in [0.717, 1.165) is 5.69 Å². The van der Waals surface area contributed by atoms with E-state index in [9.17, 15) is 13.2 Å². The molecule has 0 radical (unpaired) electrons. The van der Waals surface area contributed by atoms with Gasteiger partial charge in [-0.3, -0.25) is 4.98 Å². The van der Waals surface area contributed by atoms with Crippen molar-refractivity contribution < 1.29 is 18.3 Å². The van der Waals surface area contributed by atoms with Crippen LogP contribution in [-0.2, 0) is 16.4 Å². The van der Waals surface area contributed by atoms with E-state index in [1.807, 2.05) is 12.1 Å². The number of carboxylic acid groups (broad SMARTS) is 1. The zero-order valence-electron chi connectivity index (χ0n) is 13.0. The van der Waals surface area contributed by atoms with Gasteiger partial charge in [-0.2, -0.15) is 0 Å². The van der Waals surface area contributed by atoms with Crippen LogP contribution in [0.2, 0.25) is 0 Å². The van der Waals surface area contributed by atoms with E-state index in [2.05, 4.69) is 10.3 Å². The first-order chi connectivity index (χ1) is 9.95. The van der Waals surface area contributed by atoms with E-state index < -0.39 is 20.9 Å². The normalized spacial score (nSPS) is 16.2. The van der Waals surface area contributed by atoms with Gasteiger partial charge in [0.2, 0.25) is 10.0 Å². The Morgan fingerprint density at radius 3 is 2.27 bits per heavy atom. The van der Waals surface area contributed by atoms with E-state index in [1.54, 1.807) is 33.0 Å². The third kappa shape index (κ3) is 5.98. The fourth-order valence-electron chi connectivity index (χ4n) is 1.85. The second-order valence-corrected chi connectivity index (χ2v) is 8.36. The largest absolute Gasteiger partial charge is 0.465 e. The lowest BCUT2D eigenvalue weighted by Crippen LogP contribution is -2.39. The predicted octanol–water partition coefficient (Wildman–Crippen LogP) is 1.50. The number of amides is 1. The van der Waals surface area contributed by atoms with Crippen LogP contribution in [-0.4, -0.2) is 34.9 Å². The summed E-state index contributed by atoms with van der Waals surface area (Å²) in [5.41, 5.74) is 0.463. The molecule has 7 nitrogen and oxygen atoms in total. The minimum Gasteiger partial charge on any atom is -0.465 e. The summed E-state index contributed by atoms with van der Waals surface area (Å²) in [6, 6.07) is 5.48. The van der Waals surface area contributed by atoms with Crippen LogP contribution in [0.15, 0.2) is 24.4 Å². The van der Waals surface area contributed by atoms with Gasteiger partial charge in [-0.15, -0.1) is 0 Å². The molecule has 1 heterocycles. The molecule has 0 aromatic carbocycles. The second-order valence-electron chi connectivity index (χ2n) is 6.41. The quantitative estimate of drug-likeness (QED) is 0.775. The molecule has 1 aromatic heterocycles. The Bertz CT molecular complexity index is 605. The molecule has 0 spiro atoms. The van der Waals surface area contributed by atoms with Crippen molar-refractivity contribution in [1.29, 1.82) is 0 Å². The van der Waals surface area contributed by atoms with Gasteiger partial charge >= 0.3 is 6.09 Å². The highest BCUT2D eigenvalue weighted by molar-refractivity contribution is 7.90. The van der Waals surface area contributed by atoms with E-state index >= 15 is 0 Å². The van der Waals surface area contributed by atoms with Crippen LogP contribution in [0.25, 0.3) is 0 Å². The molecule has 0 atom stereocenters. The van der Waals surface area contributed by atoms with Gasteiger partial charge in [0.1, 0.15) is 0 Å². The summed E-state index contributed by atoms with van der Waals surface area (Å²) in [7, 11) is -3.43. The Hall–Kier alpha value is -1.67. The summed E-state index contributed by atoms with van der Waals surface area (Å²) in [5.74, 6) is 0. The maximum Gasteiger partial charge on any atom is 0.405 e. The predicted molar refractivity (Wildman–Crippen MR) is 83.9 cm³/mol. The van der Waals surface area contributed by atoms with Gasteiger partial charge in [-0.1, -0.05) is 6.07 Å². The Labute approximate surface area is 131 Å². The highest BCUT2D eigenvalue weighted by atomic mass is 32.2. The summed E-state index contributed by atoms with van der Waals surface area (Å²) in [5, 5.41) is 15.6. The second kappa shape index (κ2) is 6.62. The molecular formula is C14H23N3O4S. The number of aromatic nitrogens is 1. The highest BCUT2D eigenvalue weighted by Gasteiger charge is 2.52. The first kappa shape index (κ1) is 18.4. The fraction of sp³-hybridized carbons (Fsp3) is 0.571. The molecule has 1 aliphatic rings. The third-order valence-electron chi connectivity index (χ3n) is 3.12. The van der Waals surface area contributed by atoms with Crippen molar-refractivity contribution in [2.75, 3.05) is 0 Å². The van der Waals surface area contributed by atoms with Crippen molar-refractivity contribution in [3.8, 4) is 0 Å². The average molecular weight is 329 g/mol. The lowest BCUT2D eigenvalue weighted by Gasteiger charge is -2.16. The van der Waals surface area contributed by atoms with Crippen molar-refractivity contribution in [2.45, 2.75) is 50.3 Å². The third-order valence-corrected chi connectivity index (χ3v) is 4.88. The zero-order valence-corrected chi connectivity index (χ0v) is 13.9. The van der Waals surface area contributed by atoms with Crippen LogP contribution in [0.4, 0.5) is 4.79 Å². The molecule has 1 aliphatic carbocycles. The molecule has 0 saturated heterocycles. The number of nitrogens with one attached hydrogen (secondary N) is 1. The number of nitrogens with two attached hydrogens (primary N) is 1. The summed E-state index contributed by atoms with van der Waals surface area (Å²) in [6.45, 7) is 5.38. The molecule has 22 heavy (non-hydrogen) atoms. The fourth-order valence-corrected chi connectivity index (χ4v) is 2.88. The molecule has 1 amide bonds. The molecule has 4 N–H and O–H groups in total. The summed E-state index contributed by atoms with van der Waals surface area (Å²) >= 11 is 0. The van der Waals surface area contributed by atoms with Gasteiger partial charge in [0.25, 0.3) is 0 Å². The average Bonchev–Trinajstić information content (AvgIpc) is 3.08. The highest BCUT2D eigenvalue weighted by Crippen LogP contribution is 2.44. The van der Waals surface area contributed by atoms with Gasteiger partial charge in [0.15, 0.2) is 0 Å². The topological polar surface area (TPSA) is 122 Å². The number of hydrogen-bond donors (Lipinski definition) is 3. The lowest BCUT2D eigenvalue weighted by atomic mass is 10.1. The van der Waals surface area contributed by atoms with Crippen LogP contribution in [0.5, 0.6) is 0 Å². The van der Waals surface area contributed by atoms with Crippen LogP contribution in [0.3, 0.4) is 0 Å². The van der Waals surface area contributed by atoms with E-state index in [4.69, 9.17) is 10.2 Å². The van der Waals surface area contributed by atoms with Crippen molar-refractivity contribution in [2.24, 2.45) is 5.14 Å². The van der Waals surface area contributed by atoms with Crippen molar-refractivity contribution in [3.05, 3.63) is 30.1 Å². The summed E-state index contributed by atoms with van der Waals surface area (Å²) in [4.78, 5) is 14.0. The molecule has 2 rings (SSSR count). The van der Waals surface area contributed by atoms with Crippen LogP contribution in [0.1, 0.15) is 39.3 Å². The number of pyridine rings is 1. The first-order valence-corrected chi connectivity index (χ1v) is 8.43. The van der Waals surface area contributed by atoms with Crippen LogP contribution < -0.4 is 10.5 Å². The van der Waals surface area contributed by atoms with Gasteiger partial charge < -0.3 is 10.4 Å². The number of nitrogens with zero attached hydrogens (tertiary/aromatic N) is 1. The number of sulfonamides is 1. The molecule has 1 aromatic rings. The monoisotopic (exact) mass is 329 g/mol. The van der Waals surface area contributed by atoms with Gasteiger partial charge in [-0.05, 0) is 45.7 Å². The van der Waals surface area contributed by atoms with Gasteiger partial charge in [0, 0.05) is 23.9 Å². The molecule has 0 bridgehead atoms. The molecule has 0 unspecified atom stereocenters. The maximum absolute atomic E-state index is 11.3. The molecule has 124 valence electrons. The Morgan fingerprint density at radius 1 is 1.41 bits per heavy atom. The lowest BCUT2D eigenvalue weighted by molar-refractivity contribution is 0.184. The molecule has 8 heteroatoms. The van der Waals surface area contributed by atoms with E-state index in [-0.39, 0.29) is 5.54 Å². The Morgan fingerprint density at radius 2 is 2.00 bits per heavy atom. The van der Waals surface area contributed by atoms with Crippen molar-refractivity contribution in [1.82, 2.24) is 10.3 Å². The SMILES string of the molecule is CC(C)(C)NC(=O)O.NS(=O)(=O)C1(Cc2ccccn2)CC1. The first-order valence-electron chi connectivity index (χ1n) is 6.89. The van der Waals surface area contributed by atoms with Gasteiger partial charge in [0.05, 0.1) is 4.75 Å². The number of hydrogen-bond acceptors (Lipinski definition) is 4. The molecule has 0 aliphatic heterocycles. The smallest absolute Gasteiger partial charge is 0.405 e. The minimum absolute atomic E-state index is 0.328. The molecular weight excluding hydrogens is 306 g/mol. The van der Waals surface area contributed by atoms with E-state index in [0.29, 0.717) is 19.3 Å². The Kier molecular flexibility index (Phi) is 5.53. The summed E-state index contributed by atoms with van der Waals surface area (Å²) in [6.07, 6.45) is 2.43. The van der Waals surface area contributed by atoms with Gasteiger partial charge in [-0.25, -0.2) is 18.4 Å². The standard InChI is InChI=1S/C9H12N2O2S.C5H11NO2/c10-14(12,13)9(4-5-9)7-8-3-1-2-6-11-8;1-5(2,3)6-4(7)8/h1-3,6H,4-5,7H2,(H2,10,12,13);6H,1-3H3,(H,7,8). The van der Waals surface area contributed by atoms with E-state index in [1.165, 1.54) is 0 Å². The summed E-state index contributed by atoms with van der Waals surface area (Å²) < 4.78 is 21.8. The molecule has 1 saturated carbocycles. The van der Waals surface area contributed by atoms with Crippen LogP contribution >= 0.6 is 0 Å².